The largest absolute Gasteiger partial charge is 0.493 e. The molecule has 1 atom stereocenters. The van der Waals surface area contributed by atoms with Crippen LogP contribution in [-0.2, 0) is 10.9 Å². The Balaban J connectivity index is 1.21. The molecule has 2 aromatic carbocycles. The Hall–Kier alpha value is -2.41. The molecule has 2 aliphatic heterocycles. The second kappa shape index (κ2) is 8.53. The molecule has 2 aliphatic rings. The third-order valence-corrected chi connectivity index (χ3v) is 5.32. The molecule has 156 valence electrons. The van der Waals surface area contributed by atoms with Crippen molar-refractivity contribution in [3.05, 3.63) is 54.1 Å². The van der Waals surface area contributed by atoms with Gasteiger partial charge in [0.1, 0.15) is 24.2 Å². The van der Waals surface area contributed by atoms with Crippen LogP contribution in [0, 0.1) is 5.92 Å². The Bertz CT molecular complexity index is 780. The van der Waals surface area contributed by atoms with Crippen LogP contribution in [0.2, 0.25) is 0 Å². The van der Waals surface area contributed by atoms with Crippen molar-refractivity contribution in [2.24, 2.45) is 5.92 Å². The fourth-order valence-corrected chi connectivity index (χ4v) is 3.42. The van der Waals surface area contributed by atoms with Gasteiger partial charge in [-0.3, -0.25) is 0 Å². The van der Waals surface area contributed by atoms with E-state index in [0.29, 0.717) is 24.9 Å². The molecule has 0 radical (unpaired) electrons. The van der Waals surface area contributed by atoms with E-state index in [-0.39, 0.29) is 6.10 Å². The average molecular weight is 407 g/mol. The van der Waals surface area contributed by atoms with Gasteiger partial charge in [0.05, 0.1) is 18.8 Å². The zero-order valence-corrected chi connectivity index (χ0v) is 16.0. The fraction of sp³-hybridized carbons (Fsp3) is 0.455. The number of hydrogen-bond acceptors (Lipinski definition) is 4. The van der Waals surface area contributed by atoms with Crippen LogP contribution in [-0.4, -0.2) is 39.0 Å². The molecule has 0 aromatic heterocycles. The van der Waals surface area contributed by atoms with Crippen molar-refractivity contribution in [1.29, 1.82) is 0 Å². The van der Waals surface area contributed by atoms with Crippen molar-refractivity contribution >= 4 is 5.69 Å². The minimum Gasteiger partial charge on any atom is -0.493 e. The van der Waals surface area contributed by atoms with Crippen LogP contribution in [0.25, 0.3) is 0 Å². The van der Waals surface area contributed by atoms with E-state index in [4.69, 9.17) is 14.2 Å². The summed E-state index contributed by atoms with van der Waals surface area (Å²) in [5, 5.41) is 0. The molecule has 4 nitrogen and oxygen atoms in total. The van der Waals surface area contributed by atoms with Gasteiger partial charge in [-0.15, -0.1) is 0 Å². The summed E-state index contributed by atoms with van der Waals surface area (Å²) in [6.45, 7) is 3.77. The number of piperidine rings is 1. The van der Waals surface area contributed by atoms with Gasteiger partial charge in [-0.1, -0.05) is 0 Å². The van der Waals surface area contributed by atoms with Crippen LogP contribution < -0.4 is 14.4 Å². The maximum Gasteiger partial charge on any atom is 0.416 e. The van der Waals surface area contributed by atoms with Crippen LogP contribution in [0.5, 0.6) is 11.5 Å². The monoisotopic (exact) mass is 407 g/mol. The average Bonchev–Trinajstić information content (AvgIpc) is 3.56. The highest BCUT2D eigenvalue weighted by Crippen LogP contribution is 2.31. The molecule has 0 bridgehead atoms. The lowest BCUT2D eigenvalue weighted by Crippen LogP contribution is -2.35. The van der Waals surface area contributed by atoms with Crippen LogP contribution in [0.4, 0.5) is 18.9 Å². The van der Waals surface area contributed by atoms with Crippen molar-refractivity contribution < 1.29 is 27.4 Å². The van der Waals surface area contributed by atoms with Gasteiger partial charge in [0.25, 0.3) is 0 Å². The second-order valence-corrected chi connectivity index (χ2v) is 7.52. The lowest BCUT2D eigenvalue weighted by atomic mass is 9.97. The number of ether oxygens (including phenoxy) is 3. The SMILES string of the molecule is FC(F)(F)c1ccc(OCC2CCN(c3ccc(OC[C@H]4CO4)cc3)CC2)cc1. The minimum atomic E-state index is -4.32. The smallest absolute Gasteiger partial charge is 0.416 e. The summed E-state index contributed by atoms with van der Waals surface area (Å²) in [6.07, 6.45) is -2.10. The van der Waals surface area contributed by atoms with Crippen molar-refractivity contribution in [3.63, 3.8) is 0 Å². The number of epoxide rings is 1. The molecular weight excluding hydrogens is 383 g/mol. The summed E-state index contributed by atoms with van der Waals surface area (Å²) in [7, 11) is 0. The van der Waals surface area contributed by atoms with Gasteiger partial charge in [0.2, 0.25) is 0 Å². The highest BCUT2D eigenvalue weighted by atomic mass is 19.4. The number of rotatable bonds is 7. The zero-order valence-electron chi connectivity index (χ0n) is 16.0. The first-order valence-corrected chi connectivity index (χ1v) is 9.87. The normalized spacial score (nSPS) is 19.8. The Kier molecular flexibility index (Phi) is 5.85. The molecular formula is C22H24F3NO3. The lowest BCUT2D eigenvalue weighted by molar-refractivity contribution is -0.137. The van der Waals surface area contributed by atoms with E-state index in [1.807, 2.05) is 12.1 Å². The van der Waals surface area contributed by atoms with Gasteiger partial charge in [-0.25, -0.2) is 0 Å². The van der Waals surface area contributed by atoms with Gasteiger partial charge in [0.15, 0.2) is 0 Å². The van der Waals surface area contributed by atoms with Gasteiger partial charge >= 0.3 is 6.18 Å². The van der Waals surface area contributed by atoms with Gasteiger partial charge in [-0.05, 0) is 67.3 Å². The molecule has 0 aliphatic carbocycles. The first kappa shape index (κ1) is 19.9. The Morgan fingerprint density at radius 3 is 1.97 bits per heavy atom. The number of alkyl halides is 3. The molecule has 2 saturated heterocycles. The molecule has 2 fully saturated rings. The molecule has 0 saturated carbocycles. The molecule has 2 aromatic rings. The summed E-state index contributed by atoms with van der Waals surface area (Å²) < 4.78 is 54.3. The highest BCUT2D eigenvalue weighted by Gasteiger charge is 2.30. The van der Waals surface area contributed by atoms with Gasteiger partial charge in [0, 0.05) is 18.8 Å². The minimum absolute atomic E-state index is 0.249. The van der Waals surface area contributed by atoms with Gasteiger partial charge in [-0.2, -0.15) is 13.2 Å². The number of nitrogens with zero attached hydrogens (tertiary/aromatic N) is 1. The first-order valence-electron chi connectivity index (χ1n) is 9.87. The molecule has 7 heteroatoms. The second-order valence-electron chi connectivity index (χ2n) is 7.52. The third kappa shape index (κ3) is 5.56. The van der Waals surface area contributed by atoms with E-state index >= 15 is 0 Å². The standard InChI is InChI=1S/C22H24F3NO3/c23-22(24,25)17-1-5-19(6-2-17)27-13-16-9-11-26(12-10-16)18-3-7-20(8-4-18)28-14-21-15-29-21/h1-8,16,21H,9-15H2/t21-/m0/s1. The van der Waals surface area contributed by atoms with E-state index in [0.717, 1.165) is 50.4 Å². The number of anilines is 1. The van der Waals surface area contributed by atoms with E-state index in [1.54, 1.807) is 0 Å². The van der Waals surface area contributed by atoms with E-state index in [2.05, 4.69) is 17.0 Å². The van der Waals surface area contributed by atoms with Crippen LogP contribution >= 0.6 is 0 Å². The number of benzene rings is 2. The number of hydrogen-bond donors (Lipinski definition) is 0. The zero-order chi connectivity index (χ0) is 20.3. The van der Waals surface area contributed by atoms with Crippen molar-refractivity contribution in [3.8, 4) is 11.5 Å². The third-order valence-electron chi connectivity index (χ3n) is 5.32. The van der Waals surface area contributed by atoms with Crippen LogP contribution in [0.15, 0.2) is 48.5 Å². The Morgan fingerprint density at radius 1 is 0.862 bits per heavy atom. The predicted octanol–water partition coefficient (Wildman–Crippen LogP) is 4.78. The molecule has 0 N–H and O–H groups in total. The molecule has 0 amide bonds. The van der Waals surface area contributed by atoms with Crippen LogP contribution in [0.1, 0.15) is 18.4 Å². The van der Waals surface area contributed by atoms with E-state index < -0.39 is 11.7 Å². The first-order chi connectivity index (χ1) is 14.0. The summed E-state index contributed by atoms with van der Waals surface area (Å²) in [4.78, 5) is 2.34. The number of halogens is 3. The Morgan fingerprint density at radius 2 is 1.41 bits per heavy atom. The van der Waals surface area contributed by atoms with Crippen molar-refractivity contribution in [2.75, 3.05) is 37.8 Å². The highest BCUT2D eigenvalue weighted by molar-refractivity contribution is 5.49. The molecule has 0 unspecified atom stereocenters. The lowest BCUT2D eigenvalue weighted by Gasteiger charge is -2.33. The maximum atomic E-state index is 12.6. The predicted molar refractivity (Wildman–Crippen MR) is 104 cm³/mol. The van der Waals surface area contributed by atoms with Crippen molar-refractivity contribution in [2.45, 2.75) is 25.1 Å². The molecule has 29 heavy (non-hydrogen) atoms. The summed E-state index contributed by atoms with van der Waals surface area (Å²) in [5.74, 6) is 1.73. The maximum absolute atomic E-state index is 12.6. The fourth-order valence-electron chi connectivity index (χ4n) is 3.42. The quantitative estimate of drug-likeness (QED) is 0.619. The van der Waals surface area contributed by atoms with Gasteiger partial charge < -0.3 is 19.1 Å². The topological polar surface area (TPSA) is 34.2 Å². The summed E-state index contributed by atoms with van der Waals surface area (Å²) >= 11 is 0. The van der Waals surface area contributed by atoms with E-state index in [9.17, 15) is 13.2 Å². The molecule has 0 spiro atoms. The molecule has 2 heterocycles. The summed E-state index contributed by atoms with van der Waals surface area (Å²) in [6, 6.07) is 13.0. The summed E-state index contributed by atoms with van der Waals surface area (Å²) in [5.41, 5.74) is 0.512. The Labute approximate surface area is 168 Å². The van der Waals surface area contributed by atoms with Crippen LogP contribution in [0.3, 0.4) is 0 Å². The molecule has 4 rings (SSSR count). The van der Waals surface area contributed by atoms with Crippen molar-refractivity contribution in [1.82, 2.24) is 0 Å². The van der Waals surface area contributed by atoms with E-state index in [1.165, 1.54) is 17.8 Å².